The summed E-state index contributed by atoms with van der Waals surface area (Å²) in [7, 11) is 0. The van der Waals surface area contributed by atoms with Crippen molar-refractivity contribution < 1.29 is 4.79 Å². The van der Waals surface area contributed by atoms with Gasteiger partial charge in [-0.3, -0.25) is 4.79 Å². The molecule has 2 rings (SSSR count). The number of halogens is 4. The fraction of sp³-hybridized carbons (Fsp3) is 0. The first kappa shape index (κ1) is 15.1. The highest BCUT2D eigenvalue weighted by Gasteiger charge is 2.12. The Balaban J connectivity index is 2.25. The average Bonchev–Trinajstić information content (AvgIpc) is 2.32. The molecule has 1 amide bonds. The fourth-order valence-corrected chi connectivity index (χ4v) is 3.22. The molecule has 6 heteroatoms. The smallest absolute Gasteiger partial charge is 0.257 e. The summed E-state index contributed by atoms with van der Waals surface area (Å²) in [5.74, 6) is -0.252. The summed E-state index contributed by atoms with van der Waals surface area (Å²) >= 11 is 17.3. The minimum Gasteiger partial charge on any atom is -0.321 e. The van der Waals surface area contributed by atoms with Crippen LogP contribution in [0.4, 0.5) is 5.69 Å². The molecule has 0 radical (unpaired) electrons. The van der Waals surface area contributed by atoms with E-state index in [0.717, 1.165) is 8.04 Å². The fourth-order valence-electron chi connectivity index (χ4n) is 1.45. The molecule has 0 aliphatic heterocycles. The number of amides is 1. The van der Waals surface area contributed by atoms with Crippen LogP contribution in [0.15, 0.2) is 40.9 Å². The van der Waals surface area contributed by atoms with Gasteiger partial charge in [-0.25, -0.2) is 0 Å². The van der Waals surface area contributed by atoms with E-state index in [1.165, 1.54) is 0 Å². The predicted molar refractivity (Wildman–Crippen MR) is 91.3 cm³/mol. The van der Waals surface area contributed by atoms with Crippen LogP contribution in [0, 0.1) is 3.57 Å². The van der Waals surface area contributed by atoms with Gasteiger partial charge >= 0.3 is 0 Å². The second-order valence-corrected chi connectivity index (χ2v) is 6.62. The van der Waals surface area contributed by atoms with Crippen molar-refractivity contribution in [2.24, 2.45) is 0 Å². The second-order valence-electron chi connectivity index (χ2n) is 3.70. The van der Waals surface area contributed by atoms with Gasteiger partial charge in [-0.1, -0.05) is 39.1 Å². The summed E-state index contributed by atoms with van der Waals surface area (Å²) in [6.45, 7) is 0. The van der Waals surface area contributed by atoms with Crippen molar-refractivity contribution in [3.63, 3.8) is 0 Å². The lowest BCUT2D eigenvalue weighted by Crippen LogP contribution is -2.13. The summed E-state index contributed by atoms with van der Waals surface area (Å²) in [6, 6.07) is 10.4. The molecule has 1 N–H and O–H groups in total. The van der Waals surface area contributed by atoms with E-state index >= 15 is 0 Å². The third kappa shape index (κ3) is 3.84. The number of nitrogens with one attached hydrogen (secondary N) is 1. The third-order valence-electron chi connectivity index (χ3n) is 2.36. The summed E-state index contributed by atoms with van der Waals surface area (Å²) in [4.78, 5) is 12.1. The van der Waals surface area contributed by atoms with Crippen LogP contribution in [0.3, 0.4) is 0 Å². The van der Waals surface area contributed by atoms with Crippen LogP contribution in [0.2, 0.25) is 10.0 Å². The van der Waals surface area contributed by atoms with Gasteiger partial charge in [0.05, 0.1) is 16.3 Å². The van der Waals surface area contributed by atoms with Gasteiger partial charge in [-0.15, -0.1) is 0 Å². The molecular weight excluding hydrogens is 464 g/mol. The molecule has 2 nitrogen and oxygen atoms in total. The highest BCUT2D eigenvalue weighted by molar-refractivity contribution is 14.1. The molecule has 2 aromatic carbocycles. The normalized spacial score (nSPS) is 10.3. The summed E-state index contributed by atoms with van der Waals surface area (Å²) < 4.78 is 1.70. The van der Waals surface area contributed by atoms with Gasteiger partial charge in [0.25, 0.3) is 5.91 Å². The van der Waals surface area contributed by atoms with Crippen LogP contribution >= 0.6 is 61.7 Å². The third-order valence-corrected chi connectivity index (χ3v) is 4.29. The Morgan fingerprint density at radius 2 is 1.89 bits per heavy atom. The Morgan fingerprint density at radius 3 is 2.53 bits per heavy atom. The molecule has 0 saturated heterocycles. The number of anilines is 1. The zero-order valence-corrected chi connectivity index (χ0v) is 14.6. The van der Waals surface area contributed by atoms with Crippen molar-refractivity contribution in [2.45, 2.75) is 0 Å². The van der Waals surface area contributed by atoms with Crippen molar-refractivity contribution in [3.05, 3.63) is 60.0 Å². The maximum Gasteiger partial charge on any atom is 0.257 e. The summed E-state index contributed by atoms with van der Waals surface area (Å²) in [6.07, 6.45) is 0. The summed E-state index contributed by atoms with van der Waals surface area (Å²) in [5.41, 5.74) is 1.13. The van der Waals surface area contributed by atoms with E-state index in [0.29, 0.717) is 21.3 Å². The van der Waals surface area contributed by atoms with Crippen LogP contribution < -0.4 is 5.32 Å². The van der Waals surface area contributed by atoms with Crippen molar-refractivity contribution in [3.8, 4) is 0 Å². The molecular formula is C13H7BrCl2INO. The Hall–Kier alpha value is -0.300. The first-order valence-corrected chi connectivity index (χ1v) is 7.81. The first-order valence-electron chi connectivity index (χ1n) is 5.19. The first-order chi connectivity index (χ1) is 8.97. The van der Waals surface area contributed by atoms with Gasteiger partial charge in [0.1, 0.15) is 0 Å². The molecule has 0 aliphatic rings. The quantitative estimate of drug-likeness (QED) is 0.568. The van der Waals surface area contributed by atoms with Crippen molar-refractivity contribution in [2.75, 3.05) is 5.32 Å². The Morgan fingerprint density at radius 1 is 1.16 bits per heavy atom. The zero-order chi connectivity index (χ0) is 14.0. The number of carbonyl (C=O) groups excluding carboxylic acids is 1. The largest absolute Gasteiger partial charge is 0.321 e. The molecule has 0 unspecified atom stereocenters. The Bertz CT molecular complexity index is 649. The molecule has 0 aromatic heterocycles. The monoisotopic (exact) mass is 469 g/mol. The van der Waals surface area contributed by atoms with E-state index in [1.54, 1.807) is 36.4 Å². The number of rotatable bonds is 2. The number of hydrogen-bond donors (Lipinski definition) is 1. The zero-order valence-electron chi connectivity index (χ0n) is 9.38. The van der Waals surface area contributed by atoms with E-state index < -0.39 is 0 Å². The van der Waals surface area contributed by atoms with Crippen molar-refractivity contribution in [1.29, 1.82) is 0 Å². The van der Waals surface area contributed by atoms with Gasteiger partial charge in [0.15, 0.2) is 0 Å². The summed E-state index contributed by atoms with van der Waals surface area (Å²) in [5, 5.41) is 3.84. The molecule has 0 spiro atoms. The standard InChI is InChI=1S/C13H7BrCl2INO/c14-7-1-3-9(10(16)5-7)13(19)18-12-4-2-8(15)6-11(12)17/h1-6H,(H,18,19). The maximum absolute atomic E-state index is 12.1. The highest BCUT2D eigenvalue weighted by Crippen LogP contribution is 2.25. The minimum absolute atomic E-state index is 0.252. The van der Waals surface area contributed by atoms with Crippen LogP contribution in [-0.2, 0) is 0 Å². The van der Waals surface area contributed by atoms with Gasteiger partial charge in [-0.2, -0.15) is 0 Å². The molecule has 2 aromatic rings. The van der Waals surface area contributed by atoms with Crippen LogP contribution in [0.5, 0.6) is 0 Å². The SMILES string of the molecule is O=C(Nc1ccc(Cl)cc1I)c1ccc(Br)cc1Cl. The van der Waals surface area contributed by atoms with E-state index in [4.69, 9.17) is 23.2 Å². The Labute approximate surface area is 142 Å². The number of carbonyl (C=O) groups is 1. The van der Waals surface area contributed by atoms with Gasteiger partial charge in [0.2, 0.25) is 0 Å². The van der Waals surface area contributed by atoms with E-state index in [2.05, 4.69) is 43.8 Å². The molecule has 0 bridgehead atoms. The topological polar surface area (TPSA) is 29.1 Å². The predicted octanol–water partition coefficient (Wildman–Crippen LogP) is 5.61. The molecule has 0 aliphatic carbocycles. The van der Waals surface area contributed by atoms with Gasteiger partial charge < -0.3 is 5.32 Å². The number of hydrogen-bond acceptors (Lipinski definition) is 1. The maximum atomic E-state index is 12.1. The molecule has 0 saturated carbocycles. The number of benzene rings is 2. The molecule has 19 heavy (non-hydrogen) atoms. The lowest BCUT2D eigenvalue weighted by Gasteiger charge is -2.09. The molecule has 0 atom stereocenters. The molecule has 0 fully saturated rings. The highest BCUT2D eigenvalue weighted by atomic mass is 127. The van der Waals surface area contributed by atoms with Gasteiger partial charge in [0, 0.05) is 13.1 Å². The van der Waals surface area contributed by atoms with Crippen molar-refractivity contribution in [1.82, 2.24) is 0 Å². The lowest BCUT2D eigenvalue weighted by molar-refractivity contribution is 0.102. The average molecular weight is 471 g/mol. The molecule has 0 heterocycles. The van der Waals surface area contributed by atoms with Gasteiger partial charge in [-0.05, 0) is 59.0 Å². The van der Waals surface area contributed by atoms with Crippen LogP contribution in [-0.4, -0.2) is 5.91 Å². The second kappa shape index (κ2) is 6.43. The van der Waals surface area contributed by atoms with E-state index in [1.807, 2.05) is 0 Å². The molecule has 98 valence electrons. The van der Waals surface area contributed by atoms with Crippen LogP contribution in [0.1, 0.15) is 10.4 Å². The lowest BCUT2D eigenvalue weighted by atomic mass is 10.2. The van der Waals surface area contributed by atoms with E-state index in [-0.39, 0.29) is 5.91 Å². The van der Waals surface area contributed by atoms with E-state index in [9.17, 15) is 4.79 Å². The van der Waals surface area contributed by atoms with Crippen molar-refractivity contribution >= 4 is 73.3 Å². The van der Waals surface area contributed by atoms with Crippen LogP contribution in [0.25, 0.3) is 0 Å². The Kier molecular flexibility index (Phi) is 5.11. The minimum atomic E-state index is -0.252.